The zero-order chi connectivity index (χ0) is 17.2. The van der Waals surface area contributed by atoms with Gasteiger partial charge >= 0.3 is 0 Å². The molecule has 0 radical (unpaired) electrons. The zero-order valence-electron chi connectivity index (χ0n) is 14.8. The van der Waals surface area contributed by atoms with E-state index in [4.69, 9.17) is 18.6 Å². The van der Waals surface area contributed by atoms with Crippen LogP contribution in [0.5, 0.6) is 0 Å². The summed E-state index contributed by atoms with van der Waals surface area (Å²) >= 11 is 0. The van der Waals surface area contributed by atoms with Crippen molar-refractivity contribution in [1.82, 2.24) is 4.90 Å². The highest BCUT2D eigenvalue weighted by Gasteiger charge is 2.47. The lowest BCUT2D eigenvalue weighted by atomic mass is 10.0. The maximum atomic E-state index is 12.9. The summed E-state index contributed by atoms with van der Waals surface area (Å²) in [7, 11) is 0. The van der Waals surface area contributed by atoms with Crippen molar-refractivity contribution in [3.05, 3.63) is 23.7 Å². The summed E-state index contributed by atoms with van der Waals surface area (Å²) in [6.45, 7) is 5.61. The number of rotatable bonds is 4. The molecule has 3 saturated heterocycles. The Kier molecular flexibility index (Phi) is 5.10. The summed E-state index contributed by atoms with van der Waals surface area (Å²) in [6, 6.07) is 1.92. The average Bonchev–Trinajstić information content (AvgIpc) is 3.24. The molecule has 0 aromatic carbocycles. The molecular weight excluding hydrogens is 322 g/mol. The Morgan fingerprint density at radius 1 is 1.28 bits per heavy atom. The summed E-state index contributed by atoms with van der Waals surface area (Å²) in [5, 5.41) is 0. The number of likely N-dealkylation sites (tertiary alicyclic amines) is 1. The lowest BCUT2D eigenvalue weighted by Crippen LogP contribution is -2.44. The number of furan rings is 1. The maximum Gasteiger partial charge on any atom is 0.290 e. The Hall–Kier alpha value is -1.37. The van der Waals surface area contributed by atoms with Crippen molar-refractivity contribution in [2.24, 2.45) is 5.92 Å². The fourth-order valence-corrected chi connectivity index (χ4v) is 4.18. The molecule has 3 aliphatic heterocycles. The second-order valence-electron chi connectivity index (χ2n) is 7.36. The molecule has 6 nitrogen and oxygen atoms in total. The molecule has 0 unspecified atom stereocenters. The van der Waals surface area contributed by atoms with Crippen molar-refractivity contribution >= 4 is 5.91 Å². The highest BCUT2D eigenvalue weighted by atomic mass is 16.5. The van der Waals surface area contributed by atoms with Crippen LogP contribution in [-0.4, -0.2) is 62.0 Å². The number of nitrogens with zero attached hydrogens (tertiary/aromatic N) is 1. The molecule has 0 saturated carbocycles. The Balaban J connectivity index is 1.44. The van der Waals surface area contributed by atoms with Crippen LogP contribution in [0.25, 0.3) is 0 Å². The molecule has 1 aromatic rings. The summed E-state index contributed by atoms with van der Waals surface area (Å²) in [5.41, 5.74) is 0.879. The van der Waals surface area contributed by atoms with E-state index in [9.17, 15) is 4.79 Å². The SMILES string of the molecule is Cc1ccoc1C(=O)N1C[C@@H](OCC2CCOCC2)[C@H]2OCCC[C@H]21. The average molecular weight is 349 g/mol. The third-order valence-corrected chi connectivity index (χ3v) is 5.68. The molecule has 4 heterocycles. The van der Waals surface area contributed by atoms with Gasteiger partial charge in [0.25, 0.3) is 5.91 Å². The van der Waals surface area contributed by atoms with E-state index >= 15 is 0 Å². The van der Waals surface area contributed by atoms with Gasteiger partial charge in [-0.05, 0) is 44.6 Å². The van der Waals surface area contributed by atoms with Crippen molar-refractivity contribution in [2.75, 3.05) is 33.0 Å². The number of fused-ring (bicyclic) bond motifs is 1. The number of amides is 1. The Bertz CT molecular complexity index is 594. The van der Waals surface area contributed by atoms with Crippen molar-refractivity contribution in [2.45, 2.75) is 50.9 Å². The minimum atomic E-state index is -0.0487. The molecular formula is C19H27NO5. The molecule has 0 bridgehead atoms. The maximum absolute atomic E-state index is 12.9. The molecule has 3 fully saturated rings. The highest BCUT2D eigenvalue weighted by Crippen LogP contribution is 2.33. The summed E-state index contributed by atoms with van der Waals surface area (Å²) < 4.78 is 23.1. The monoisotopic (exact) mass is 349 g/mol. The number of hydrogen-bond donors (Lipinski definition) is 0. The van der Waals surface area contributed by atoms with Gasteiger partial charge in [0, 0.05) is 25.4 Å². The van der Waals surface area contributed by atoms with Crippen LogP contribution in [0, 0.1) is 12.8 Å². The first-order valence-corrected chi connectivity index (χ1v) is 9.40. The zero-order valence-corrected chi connectivity index (χ0v) is 14.8. The first-order chi connectivity index (χ1) is 12.2. The smallest absolute Gasteiger partial charge is 0.290 e. The van der Waals surface area contributed by atoms with E-state index in [-0.39, 0.29) is 24.2 Å². The van der Waals surface area contributed by atoms with E-state index < -0.39 is 0 Å². The molecule has 1 amide bonds. The Morgan fingerprint density at radius 2 is 2.12 bits per heavy atom. The molecule has 0 N–H and O–H groups in total. The van der Waals surface area contributed by atoms with Crippen LogP contribution >= 0.6 is 0 Å². The van der Waals surface area contributed by atoms with Gasteiger partial charge in [-0.1, -0.05) is 0 Å². The van der Waals surface area contributed by atoms with Crippen LogP contribution in [0.2, 0.25) is 0 Å². The van der Waals surface area contributed by atoms with Gasteiger partial charge in [0.2, 0.25) is 0 Å². The van der Waals surface area contributed by atoms with Crippen molar-refractivity contribution in [3.63, 3.8) is 0 Å². The van der Waals surface area contributed by atoms with Gasteiger partial charge in [-0.3, -0.25) is 4.79 Å². The van der Waals surface area contributed by atoms with Gasteiger partial charge in [0.05, 0.1) is 25.5 Å². The van der Waals surface area contributed by atoms with Crippen molar-refractivity contribution < 1.29 is 23.4 Å². The van der Waals surface area contributed by atoms with Gasteiger partial charge in [0.15, 0.2) is 5.76 Å². The third kappa shape index (κ3) is 3.48. The molecule has 0 aliphatic carbocycles. The third-order valence-electron chi connectivity index (χ3n) is 5.68. The second kappa shape index (κ2) is 7.48. The lowest BCUT2D eigenvalue weighted by Gasteiger charge is -2.32. The van der Waals surface area contributed by atoms with Gasteiger partial charge in [-0.2, -0.15) is 0 Å². The van der Waals surface area contributed by atoms with Crippen molar-refractivity contribution in [3.8, 4) is 0 Å². The summed E-state index contributed by atoms with van der Waals surface area (Å²) in [5.74, 6) is 0.947. The Labute approximate surface area is 148 Å². The fraction of sp³-hybridized carbons (Fsp3) is 0.737. The molecule has 4 rings (SSSR count). The van der Waals surface area contributed by atoms with Gasteiger partial charge in [-0.15, -0.1) is 0 Å². The van der Waals surface area contributed by atoms with E-state index in [1.165, 1.54) is 0 Å². The first kappa shape index (κ1) is 17.1. The van der Waals surface area contributed by atoms with Crippen LogP contribution < -0.4 is 0 Å². The standard InChI is InChI=1S/C19H27NO5/c1-13-4-10-24-17(13)19(21)20-11-16(18-15(20)3-2-7-23-18)25-12-14-5-8-22-9-6-14/h4,10,14-16,18H,2-3,5-9,11-12H2,1H3/t15-,16-,18+/m1/s1. The number of aryl methyl sites for hydroxylation is 1. The van der Waals surface area contributed by atoms with Crippen molar-refractivity contribution in [1.29, 1.82) is 0 Å². The highest BCUT2D eigenvalue weighted by molar-refractivity contribution is 5.93. The van der Waals surface area contributed by atoms with Crippen LogP contribution in [0.4, 0.5) is 0 Å². The predicted octanol–water partition coefficient (Wildman–Crippen LogP) is 2.40. The topological polar surface area (TPSA) is 61.1 Å². The minimum Gasteiger partial charge on any atom is -0.459 e. The quantitative estimate of drug-likeness (QED) is 0.835. The Morgan fingerprint density at radius 3 is 2.88 bits per heavy atom. The van der Waals surface area contributed by atoms with Gasteiger partial charge in [-0.25, -0.2) is 0 Å². The number of carbonyl (C=O) groups is 1. The van der Waals surface area contributed by atoms with Crippen LogP contribution in [0.3, 0.4) is 0 Å². The van der Waals surface area contributed by atoms with E-state index in [1.807, 2.05) is 17.9 Å². The normalized spacial score (nSPS) is 30.4. The number of ether oxygens (including phenoxy) is 3. The lowest BCUT2D eigenvalue weighted by molar-refractivity contribution is -0.0886. The minimum absolute atomic E-state index is 0.0205. The summed E-state index contributed by atoms with van der Waals surface area (Å²) in [6.07, 6.45) is 5.56. The first-order valence-electron chi connectivity index (χ1n) is 9.40. The molecule has 3 atom stereocenters. The predicted molar refractivity (Wildman–Crippen MR) is 90.5 cm³/mol. The van der Waals surface area contributed by atoms with Crippen LogP contribution in [-0.2, 0) is 14.2 Å². The van der Waals surface area contributed by atoms with E-state index in [1.54, 1.807) is 6.26 Å². The largest absolute Gasteiger partial charge is 0.459 e. The molecule has 0 spiro atoms. The van der Waals surface area contributed by atoms with Gasteiger partial charge in [0.1, 0.15) is 12.2 Å². The molecule has 1 aromatic heterocycles. The van der Waals surface area contributed by atoms with Crippen LogP contribution in [0.1, 0.15) is 41.8 Å². The van der Waals surface area contributed by atoms with Crippen LogP contribution in [0.15, 0.2) is 16.7 Å². The number of hydrogen-bond acceptors (Lipinski definition) is 5. The van der Waals surface area contributed by atoms with Gasteiger partial charge < -0.3 is 23.5 Å². The molecule has 138 valence electrons. The molecule has 6 heteroatoms. The molecule has 3 aliphatic rings. The second-order valence-corrected chi connectivity index (χ2v) is 7.36. The fourth-order valence-electron chi connectivity index (χ4n) is 4.18. The summed E-state index contributed by atoms with van der Waals surface area (Å²) in [4.78, 5) is 14.8. The van der Waals surface area contributed by atoms with E-state index in [0.717, 1.165) is 57.7 Å². The van der Waals surface area contributed by atoms with E-state index in [0.29, 0.717) is 18.2 Å². The number of carbonyl (C=O) groups excluding carboxylic acids is 1. The molecule has 25 heavy (non-hydrogen) atoms. The van der Waals surface area contributed by atoms with E-state index in [2.05, 4.69) is 0 Å².